The summed E-state index contributed by atoms with van der Waals surface area (Å²) in [7, 11) is 0. The average Bonchev–Trinajstić information content (AvgIpc) is 2.53. The van der Waals surface area contributed by atoms with Crippen molar-refractivity contribution in [1.82, 2.24) is 4.98 Å². The second-order valence-corrected chi connectivity index (χ2v) is 5.13. The normalized spacial score (nSPS) is 10.3. The van der Waals surface area contributed by atoms with Crippen LogP contribution in [0.25, 0.3) is 0 Å². The van der Waals surface area contributed by atoms with E-state index in [0.29, 0.717) is 45.9 Å². The minimum Gasteiger partial charge on any atom is -0.455 e. The van der Waals surface area contributed by atoms with Crippen molar-refractivity contribution >= 4 is 22.7 Å². The molecule has 0 unspecified atom stereocenters. The standard InChI is InChI=1S/C17H17N5O2/c18-10-1-3-15(13(20)7-10)23-12-5-6-22-17(9-12)24-16-4-2-11(19)8-14(16)21/h1-9H,18-21H2. The molecule has 0 fully saturated rings. The molecule has 3 rings (SSSR count). The van der Waals surface area contributed by atoms with E-state index in [0.717, 1.165) is 0 Å². The smallest absolute Gasteiger partial charge is 0.223 e. The Kier molecular flexibility index (Phi) is 3.98. The van der Waals surface area contributed by atoms with Gasteiger partial charge in [0.1, 0.15) is 11.5 Å². The molecule has 0 amide bonds. The van der Waals surface area contributed by atoms with Crippen molar-refractivity contribution in [2.75, 3.05) is 22.9 Å². The molecule has 122 valence electrons. The third-order valence-electron chi connectivity index (χ3n) is 3.22. The molecule has 0 bridgehead atoms. The minimum atomic E-state index is 0.331. The molecule has 0 saturated carbocycles. The first kappa shape index (κ1) is 15.3. The molecule has 0 aliphatic carbocycles. The van der Waals surface area contributed by atoms with Crippen molar-refractivity contribution in [3.63, 3.8) is 0 Å². The topological polar surface area (TPSA) is 135 Å². The van der Waals surface area contributed by atoms with Crippen LogP contribution in [0.15, 0.2) is 54.7 Å². The summed E-state index contributed by atoms with van der Waals surface area (Å²) in [4.78, 5) is 4.14. The van der Waals surface area contributed by atoms with Gasteiger partial charge in [-0.3, -0.25) is 0 Å². The number of pyridine rings is 1. The van der Waals surface area contributed by atoms with Crippen LogP contribution >= 0.6 is 0 Å². The lowest BCUT2D eigenvalue weighted by molar-refractivity contribution is 0.448. The van der Waals surface area contributed by atoms with Gasteiger partial charge in [-0.15, -0.1) is 0 Å². The van der Waals surface area contributed by atoms with Crippen LogP contribution in [0.2, 0.25) is 0 Å². The molecule has 0 radical (unpaired) electrons. The maximum Gasteiger partial charge on any atom is 0.223 e. The van der Waals surface area contributed by atoms with Crippen molar-refractivity contribution < 1.29 is 9.47 Å². The van der Waals surface area contributed by atoms with Gasteiger partial charge >= 0.3 is 0 Å². The van der Waals surface area contributed by atoms with Crippen LogP contribution in [-0.4, -0.2) is 4.98 Å². The van der Waals surface area contributed by atoms with E-state index in [1.54, 1.807) is 54.7 Å². The summed E-state index contributed by atoms with van der Waals surface area (Å²) in [6.45, 7) is 0. The highest BCUT2D eigenvalue weighted by molar-refractivity contribution is 5.62. The molecule has 0 aliphatic rings. The van der Waals surface area contributed by atoms with Gasteiger partial charge in [-0.25, -0.2) is 4.98 Å². The van der Waals surface area contributed by atoms with Crippen LogP contribution in [0.4, 0.5) is 22.7 Å². The first-order chi connectivity index (χ1) is 11.5. The predicted octanol–water partition coefficient (Wildman–Crippen LogP) is 3.00. The number of rotatable bonds is 4. The van der Waals surface area contributed by atoms with Gasteiger partial charge in [-0.05, 0) is 42.5 Å². The van der Waals surface area contributed by atoms with Crippen molar-refractivity contribution in [2.24, 2.45) is 0 Å². The Hall–Kier alpha value is -3.61. The average molecular weight is 323 g/mol. The lowest BCUT2D eigenvalue weighted by atomic mass is 10.2. The quantitative estimate of drug-likeness (QED) is 0.542. The van der Waals surface area contributed by atoms with E-state index in [2.05, 4.69) is 4.98 Å². The molecular formula is C17H17N5O2. The van der Waals surface area contributed by atoms with Gasteiger partial charge in [-0.2, -0.15) is 0 Å². The molecule has 1 aromatic heterocycles. The van der Waals surface area contributed by atoms with Crippen LogP contribution in [0.5, 0.6) is 23.1 Å². The van der Waals surface area contributed by atoms with Crippen LogP contribution in [0.3, 0.4) is 0 Å². The van der Waals surface area contributed by atoms with Gasteiger partial charge in [0.2, 0.25) is 5.88 Å². The van der Waals surface area contributed by atoms with Crippen molar-refractivity contribution in [3.05, 3.63) is 54.7 Å². The maximum absolute atomic E-state index is 5.88. The van der Waals surface area contributed by atoms with Crippen LogP contribution in [-0.2, 0) is 0 Å². The molecule has 0 atom stereocenters. The van der Waals surface area contributed by atoms with E-state index in [-0.39, 0.29) is 0 Å². The zero-order valence-corrected chi connectivity index (χ0v) is 12.8. The highest BCUT2D eigenvalue weighted by Gasteiger charge is 2.07. The molecule has 0 spiro atoms. The fourth-order valence-electron chi connectivity index (χ4n) is 2.07. The Morgan fingerprint density at radius 3 is 1.83 bits per heavy atom. The number of ether oxygens (including phenoxy) is 2. The second kappa shape index (κ2) is 6.25. The lowest BCUT2D eigenvalue weighted by Gasteiger charge is -2.11. The van der Waals surface area contributed by atoms with Gasteiger partial charge in [0.05, 0.1) is 11.4 Å². The SMILES string of the molecule is Nc1ccc(Oc2ccnc(Oc3ccc(N)cc3N)c2)c(N)c1. The Labute approximate surface area is 138 Å². The van der Waals surface area contributed by atoms with Crippen molar-refractivity contribution in [3.8, 4) is 23.1 Å². The number of nitrogens with zero attached hydrogens (tertiary/aromatic N) is 1. The van der Waals surface area contributed by atoms with E-state index >= 15 is 0 Å². The summed E-state index contributed by atoms with van der Waals surface area (Å²) in [5.74, 6) is 1.80. The van der Waals surface area contributed by atoms with E-state index in [1.807, 2.05) is 0 Å². The number of anilines is 4. The summed E-state index contributed by atoms with van der Waals surface area (Å²) in [5.41, 5.74) is 25.1. The third-order valence-corrected chi connectivity index (χ3v) is 3.22. The molecule has 0 aliphatic heterocycles. The van der Waals surface area contributed by atoms with Gasteiger partial charge in [0, 0.05) is 23.6 Å². The van der Waals surface area contributed by atoms with Crippen molar-refractivity contribution in [2.45, 2.75) is 0 Å². The maximum atomic E-state index is 5.88. The number of hydrogen-bond donors (Lipinski definition) is 4. The first-order valence-corrected chi connectivity index (χ1v) is 7.13. The summed E-state index contributed by atoms with van der Waals surface area (Å²) < 4.78 is 11.4. The van der Waals surface area contributed by atoms with E-state index in [1.165, 1.54) is 0 Å². The van der Waals surface area contributed by atoms with Crippen LogP contribution in [0.1, 0.15) is 0 Å². The largest absolute Gasteiger partial charge is 0.455 e. The number of benzene rings is 2. The first-order valence-electron chi connectivity index (χ1n) is 7.13. The molecule has 3 aromatic rings. The summed E-state index contributed by atoms with van der Waals surface area (Å²) in [5, 5.41) is 0. The molecule has 0 saturated heterocycles. The lowest BCUT2D eigenvalue weighted by Crippen LogP contribution is -1.97. The zero-order chi connectivity index (χ0) is 17.1. The predicted molar refractivity (Wildman–Crippen MR) is 94.9 cm³/mol. The molecule has 1 heterocycles. The second-order valence-electron chi connectivity index (χ2n) is 5.13. The van der Waals surface area contributed by atoms with E-state index in [9.17, 15) is 0 Å². The van der Waals surface area contributed by atoms with Crippen molar-refractivity contribution in [1.29, 1.82) is 0 Å². The van der Waals surface area contributed by atoms with Gasteiger partial charge in [0.15, 0.2) is 5.75 Å². The van der Waals surface area contributed by atoms with E-state index in [4.69, 9.17) is 32.4 Å². The Bertz CT molecular complexity index is 814. The summed E-state index contributed by atoms with van der Waals surface area (Å²) in [6, 6.07) is 13.3. The molecular weight excluding hydrogens is 306 g/mol. The summed E-state index contributed by atoms with van der Waals surface area (Å²) >= 11 is 0. The highest BCUT2D eigenvalue weighted by Crippen LogP contribution is 2.32. The van der Waals surface area contributed by atoms with Gasteiger partial charge in [0.25, 0.3) is 0 Å². The zero-order valence-electron chi connectivity index (χ0n) is 12.8. The van der Waals surface area contributed by atoms with Gasteiger partial charge < -0.3 is 32.4 Å². The Morgan fingerprint density at radius 1 is 0.667 bits per heavy atom. The Balaban J connectivity index is 1.81. The molecule has 24 heavy (non-hydrogen) atoms. The number of hydrogen-bond acceptors (Lipinski definition) is 7. The minimum absolute atomic E-state index is 0.331. The molecule has 7 heteroatoms. The third kappa shape index (κ3) is 3.41. The molecule has 7 nitrogen and oxygen atoms in total. The van der Waals surface area contributed by atoms with Crippen LogP contribution < -0.4 is 32.4 Å². The fraction of sp³-hybridized carbons (Fsp3) is 0. The fourth-order valence-corrected chi connectivity index (χ4v) is 2.07. The van der Waals surface area contributed by atoms with Gasteiger partial charge in [-0.1, -0.05) is 0 Å². The number of nitrogen functional groups attached to an aromatic ring is 4. The highest BCUT2D eigenvalue weighted by atomic mass is 16.5. The number of aromatic nitrogens is 1. The molecule has 2 aromatic carbocycles. The monoisotopic (exact) mass is 323 g/mol. The van der Waals surface area contributed by atoms with Crippen LogP contribution in [0, 0.1) is 0 Å². The molecule has 8 N–H and O–H groups in total. The Morgan fingerprint density at radius 2 is 1.25 bits per heavy atom. The number of nitrogens with two attached hydrogens (primary N) is 4. The van der Waals surface area contributed by atoms with E-state index < -0.39 is 0 Å². The summed E-state index contributed by atoms with van der Waals surface area (Å²) in [6.07, 6.45) is 1.56.